The molecule has 1 aromatic rings. The summed E-state index contributed by atoms with van der Waals surface area (Å²) in [5.74, 6) is 1.67. The van der Waals surface area contributed by atoms with Gasteiger partial charge in [0, 0.05) is 11.3 Å². The molecule has 0 unspecified atom stereocenters. The molecule has 3 heteroatoms. The molecule has 2 nitrogen and oxygen atoms in total. The van der Waals surface area contributed by atoms with Crippen molar-refractivity contribution in [2.24, 2.45) is 0 Å². The predicted octanol–water partition coefficient (Wildman–Crippen LogP) is 2.71. The van der Waals surface area contributed by atoms with Gasteiger partial charge < -0.3 is 4.74 Å². The van der Waals surface area contributed by atoms with E-state index in [-0.39, 0.29) is 5.78 Å². The maximum atomic E-state index is 11.4. The zero-order valence-corrected chi connectivity index (χ0v) is 9.34. The first-order valence-corrected chi connectivity index (χ1v) is 5.84. The van der Waals surface area contributed by atoms with Crippen molar-refractivity contribution in [3.05, 3.63) is 40.8 Å². The quantitative estimate of drug-likeness (QED) is 0.766. The molecule has 78 valence electrons. The third kappa shape index (κ3) is 2.23. The largest absolute Gasteiger partial charge is 0.491 e. The van der Waals surface area contributed by atoms with Gasteiger partial charge in [0.2, 0.25) is 0 Å². The number of ketones is 1. The summed E-state index contributed by atoms with van der Waals surface area (Å²) in [5, 5.41) is 0. The minimum atomic E-state index is 0.0820. The number of ether oxygens (including phenoxy) is 1. The van der Waals surface area contributed by atoms with Crippen LogP contribution in [0.2, 0.25) is 0 Å². The lowest BCUT2D eigenvalue weighted by Crippen LogP contribution is -2.10. The van der Waals surface area contributed by atoms with Crippen LogP contribution in [0.5, 0.6) is 0 Å². The van der Waals surface area contributed by atoms with Crippen LogP contribution in [0.15, 0.2) is 35.2 Å². The van der Waals surface area contributed by atoms with Gasteiger partial charge in [-0.1, -0.05) is 30.3 Å². The summed E-state index contributed by atoms with van der Waals surface area (Å²) in [7, 11) is 0. The number of rotatable bonds is 2. The molecular formula is C12H12O2S. The summed E-state index contributed by atoms with van der Waals surface area (Å²) in [4.78, 5) is 12.2. The predicted molar refractivity (Wildman–Crippen MR) is 62.5 cm³/mol. The molecule has 1 aromatic carbocycles. The van der Waals surface area contributed by atoms with E-state index in [1.54, 1.807) is 18.7 Å². The highest BCUT2D eigenvalue weighted by molar-refractivity contribution is 8.04. The summed E-state index contributed by atoms with van der Waals surface area (Å²) >= 11 is 1.58. The maximum absolute atomic E-state index is 11.4. The Bertz CT molecular complexity index is 395. The number of carbonyl (C=O) groups excluding carboxylic acids is 1. The van der Waals surface area contributed by atoms with Gasteiger partial charge in [-0.05, 0) is 6.92 Å². The lowest BCUT2D eigenvalue weighted by Gasteiger charge is -2.19. The molecule has 0 aliphatic carbocycles. The van der Waals surface area contributed by atoms with Crippen molar-refractivity contribution in [3.8, 4) is 0 Å². The van der Waals surface area contributed by atoms with E-state index in [1.807, 2.05) is 30.3 Å². The molecular weight excluding hydrogens is 208 g/mol. The van der Waals surface area contributed by atoms with Crippen molar-refractivity contribution in [2.45, 2.75) is 6.92 Å². The van der Waals surface area contributed by atoms with E-state index in [9.17, 15) is 4.79 Å². The van der Waals surface area contributed by atoms with Crippen molar-refractivity contribution < 1.29 is 9.53 Å². The summed E-state index contributed by atoms with van der Waals surface area (Å²) < 4.78 is 5.58. The molecule has 0 saturated heterocycles. The molecule has 0 bridgehead atoms. The molecule has 15 heavy (non-hydrogen) atoms. The summed E-state index contributed by atoms with van der Waals surface area (Å²) in [5.41, 5.74) is 0.981. The Kier molecular flexibility index (Phi) is 3.11. The third-order valence-electron chi connectivity index (χ3n) is 2.14. The Morgan fingerprint density at radius 2 is 2.07 bits per heavy atom. The van der Waals surface area contributed by atoms with Crippen LogP contribution < -0.4 is 0 Å². The molecule has 1 aliphatic heterocycles. The monoisotopic (exact) mass is 220 g/mol. The molecule has 0 N–H and O–H groups in total. The lowest BCUT2D eigenvalue weighted by atomic mass is 10.1. The van der Waals surface area contributed by atoms with Gasteiger partial charge >= 0.3 is 0 Å². The molecule has 0 amide bonds. The van der Waals surface area contributed by atoms with Crippen LogP contribution >= 0.6 is 11.8 Å². The van der Waals surface area contributed by atoms with Gasteiger partial charge in [-0.15, -0.1) is 11.8 Å². The molecule has 1 heterocycles. The van der Waals surface area contributed by atoms with E-state index in [4.69, 9.17) is 4.74 Å². The van der Waals surface area contributed by atoms with E-state index in [0.29, 0.717) is 6.61 Å². The van der Waals surface area contributed by atoms with Crippen molar-refractivity contribution in [1.29, 1.82) is 0 Å². The first kappa shape index (κ1) is 10.3. The second kappa shape index (κ2) is 4.53. The Morgan fingerprint density at radius 1 is 1.33 bits per heavy atom. The van der Waals surface area contributed by atoms with E-state index >= 15 is 0 Å². The first-order valence-electron chi connectivity index (χ1n) is 4.85. The van der Waals surface area contributed by atoms with Gasteiger partial charge in [-0.25, -0.2) is 0 Å². The smallest absolute Gasteiger partial charge is 0.169 e. The number of hydrogen-bond donors (Lipinski definition) is 0. The van der Waals surface area contributed by atoms with Crippen molar-refractivity contribution in [2.75, 3.05) is 12.4 Å². The Morgan fingerprint density at radius 3 is 2.73 bits per heavy atom. The zero-order chi connectivity index (χ0) is 10.7. The highest BCUT2D eigenvalue weighted by atomic mass is 32.2. The first-order chi connectivity index (χ1) is 7.29. The summed E-state index contributed by atoms with van der Waals surface area (Å²) in [6.07, 6.45) is 0. The number of allylic oxidation sites excluding steroid dienone is 1. The molecule has 1 aliphatic rings. The number of Topliss-reactive ketones (excluding diaryl/α,β-unsaturated/α-hetero) is 1. The highest BCUT2D eigenvalue weighted by Gasteiger charge is 2.19. The fraction of sp³-hybridized carbons (Fsp3) is 0.250. The topological polar surface area (TPSA) is 26.3 Å². The number of carbonyl (C=O) groups is 1. The second-order valence-electron chi connectivity index (χ2n) is 3.28. The summed E-state index contributed by atoms with van der Waals surface area (Å²) in [6.45, 7) is 2.26. The van der Waals surface area contributed by atoms with Gasteiger partial charge in [0.25, 0.3) is 0 Å². The van der Waals surface area contributed by atoms with Crippen molar-refractivity contribution >= 4 is 23.3 Å². The van der Waals surface area contributed by atoms with Crippen LogP contribution in [0.1, 0.15) is 12.5 Å². The average Bonchev–Trinajstić information content (AvgIpc) is 2.30. The minimum Gasteiger partial charge on any atom is -0.491 e. The van der Waals surface area contributed by atoms with Crippen LogP contribution in [-0.2, 0) is 9.53 Å². The SMILES string of the molecule is CC(=O)C1=C(c2ccccc2)OCCS1. The zero-order valence-electron chi connectivity index (χ0n) is 8.53. The van der Waals surface area contributed by atoms with Crippen LogP contribution in [0.4, 0.5) is 0 Å². The molecule has 0 aromatic heterocycles. The van der Waals surface area contributed by atoms with Gasteiger partial charge in [-0.2, -0.15) is 0 Å². The van der Waals surface area contributed by atoms with Gasteiger partial charge in [-0.3, -0.25) is 4.79 Å². The van der Waals surface area contributed by atoms with Gasteiger partial charge in [0.1, 0.15) is 5.76 Å². The Hall–Kier alpha value is -1.22. The molecule has 2 rings (SSSR count). The fourth-order valence-corrected chi connectivity index (χ4v) is 2.37. The number of benzene rings is 1. The second-order valence-corrected chi connectivity index (χ2v) is 4.38. The Balaban J connectivity index is 2.44. The highest BCUT2D eigenvalue weighted by Crippen LogP contribution is 2.32. The van der Waals surface area contributed by atoms with E-state index in [1.165, 1.54) is 0 Å². The van der Waals surface area contributed by atoms with Gasteiger partial charge in [0.05, 0.1) is 11.5 Å². The van der Waals surface area contributed by atoms with Crippen LogP contribution in [0.3, 0.4) is 0 Å². The van der Waals surface area contributed by atoms with E-state index < -0.39 is 0 Å². The maximum Gasteiger partial charge on any atom is 0.169 e. The molecule has 0 fully saturated rings. The fourth-order valence-electron chi connectivity index (χ4n) is 1.48. The van der Waals surface area contributed by atoms with Crippen LogP contribution in [0, 0.1) is 0 Å². The normalized spacial score (nSPS) is 16.1. The minimum absolute atomic E-state index is 0.0820. The lowest BCUT2D eigenvalue weighted by molar-refractivity contribution is -0.113. The van der Waals surface area contributed by atoms with E-state index in [2.05, 4.69) is 0 Å². The standard InChI is InChI=1S/C12H12O2S/c1-9(13)12-11(14-7-8-15-12)10-5-3-2-4-6-10/h2-6H,7-8H2,1H3. The average molecular weight is 220 g/mol. The summed E-state index contributed by atoms with van der Waals surface area (Å²) in [6, 6.07) is 9.77. The molecule has 0 radical (unpaired) electrons. The number of hydrogen-bond acceptors (Lipinski definition) is 3. The van der Waals surface area contributed by atoms with Crippen molar-refractivity contribution in [1.82, 2.24) is 0 Å². The molecule has 0 spiro atoms. The van der Waals surface area contributed by atoms with E-state index in [0.717, 1.165) is 22.0 Å². The van der Waals surface area contributed by atoms with Crippen LogP contribution in [0.25, 0.3) is 5.76 Å². The van der Waals surface area contributed by atoms with Crippen LogP contribution in [-0.4, -0.2) is 18.1 Å². The van der Waals surface area contributed by atoms with Crippen molar-refractivity contribution in [3.63, 3.8) is 0 Å². The van der Waals surface area contributed by atoms with Gasteiger partial charge in [0.15, 0.2) is 5.78 Å². The number of thioether (sulfide) groups is 1. The molecule has 0 saturated carbocycles. The molecule has 0 atom stereocenters. The third-order valence-corrected chi connectivity index (χ3v) is 3.27. The Labute approximate surface area is 93.3 Å².